The highest BCUT2D eigenvalue weighted by molar-refractivity contribution is 5.80. The van der Waals surface area contributed by atoms with E-state index in [2.05, 4.69) is 4.98 Å². The molecule has 2 aromatic carbocycles. The van der Waals surface area contributed by atoms with Crippen molar-refractivity contribution < 1.29 is 4.42 Å². The van der Waals surface area contributed by atoms with E-state index in [0.717, 1.165) is 11.3 Å². The third-order valence-corrected chi connectivity index (χ3v) is 4.10. The van der Waals surface area contributed by atoms with E-state index in [1.807, 2.05) is 67.6 Å². The van der Waals surface area contributed by atoms with Crippen LogP contribution in [0.25, 0.3) is 28.7 Å². The first kappa shape index (κ1) is 15.1. The van der Waals surface area contributed by atoms with E-state index < -0.39 is 0 Å². The van der Waals surface area contributed by atoms with Gasteiger partial charge in [0.2, 0.25) is 0 Å². The molecule has 0 radical (unpaired) electrons. The fourth-order valence-corrected chi connectivity index (χ4v) is 2.85. The molecule has 0 atom stereocenters. The molecule has 4 aromatic rings. The van der Waals surface area contributed by atoms with Crippen LogP contribution in [0.15, 0.2) is 76.1 Å². The molecule has 4 rings (SSSR count). The summed E-state index contributed by atoms with van der Waals surface area (Å²) >= 11 is 0. The molecule has 2 aromatic heterocycles. The number of aromatic nitrogens is 2. The third-order valence-electron chi connectivity index (χ3n) is 4.10. The minimum atomic E-state index is -0.0843. The van der Waals surface area contributed by atoms with Crippen molar-refractivity contribution in [3.05, 3.63) is 94.4 Å². The number of hydrogen-bond donors (Lipinski definition) is 0. The van der Waals surface area contributed by atoms with Crippen molar-refractivity contribution in [1.82, 2.24) is 9.55 Å². The average Bonchev–Trinajstić information content (AvgIpc) is 3.15. The van der Waals surface area contributed by atoms with Crippen molar-refractivity contribution in [3.63, 3.8) is 0 Å². The number of benzene rings is 2. The maximum Gasteiger partial charge on any atom is 0.266 e. The van der Waals surface area contributed by atoms with Gasteiger partial charge >= 0.3 is 0 Å². The summed E-state index contributed by atoms with van der Waals surface area (Å²) in [5, 5.41) is 0.598. The number of furan rings is 1. The first-order valence-electron chi connectivity index (χ1n) is 8.03. The Balaban J connectivity index is 2.01. The van der Waals surface area contributed by atoms with E-state index in [1.165, 1.54) is 0 Å². The van der Waals surface area contributed by atoms with Crippen molar-refractivity contribution in [3.8, 4) is 5.69 Å². The second kappa shape index (κ2) is 6.24. The van der Waals surface area contributed by atoms with Gasteiger partial charge < -0.3 is 4.42 Å². The van der Waals surface area contributed by atoms with Gasteiger partial charge in [0.1, 0.15) is 11.6 Å². The van der Waals surface area contributed by atoms with E-state index >= 15 is 0 Å². The molecule has 4 heteroatoms. The highest BCUT2D eigenvalue weighted by Crippen LogP contribution is 2.18. The van der Waals surface area contributed by atoms with Gasteiger partial charge in [0.15, 0.2) is 0 Å². The lowest BCUT2D eigenvalue weighted by Gasteiger charge is -2.13. The molecule has 0 aliphatic carbocycles. The second-order valence-corrected chi connectivity index (χ2v) is 5.76. The quantitative estimate of drug-likeness (QED) is 0.558. The first-order valence-corrected chi connectivity index (χ1v) is 8.03. The van der Waals surface area contributed by atoms with Crippen LogP contribution in [0.2, 0.25) is 0 Å². The average molecular weight is 328 g/mol. The zero-order valence-electron chi connectivity index (χ0n) is 13.7. The van der Waals surface area contributed by atoms with Gasteiger partial charge in [0.25, 0.3) is 5.56 Å². The van der Waals surface area contributed by atoms with E-state index in [-0.39, 0.29) is 5.56 Å². The van der Waals surface area contributed by atoms with E-state index in [4.69, 9.17) is 4.42 Å². The fourth-order valence-electron chi connectivity index (χ4n) is 2.85. The Labute approximate surface area is 144 Å². The molecule has 2 heterocycles. The lowest BCUT2D eigenvalue weighted by Crippen LogP contribution is -2.23. The molecule has 25 heavy (non-hydrogen) atoms. The van der Waals surface area contributed by atoms with E-state index in [1.54, 1.807) is 23.0 Å². The summed E-state index contributed by atoms with van der Waals surface area (Å²) in [6.45, 7) is 1.98. The van der Waals surface area contributed by atoms with Crippen molar-refractivity contribution in [2.45, 2.75) is 6.92 Å². The number of hydrogen-bond acceptors (Lipinski definition) is 3. The van der Waals surface area contributed by atoms with E-state index in [9.17, 15) is 4.79 Å². The van der Waals surface area contributed by atoms with E-state index in [0.29, 0.717) is 22.5 Å². The Morgan fingerprint density at radius 2 is 1.76 bits per heavy atom. The van der Waals surface area contributed by atoms with Crippen LogP contribution in [-0.2, 0) is 0 Å². The molecule has 0 amide bonds. The van der Waals surface area contributed by atoms with Crippen LogP contribution in [0.1, 0.15) is 17.1 Å². The molecule has 0 bridgehead atoms. The number of fused-ring (bicyclic) bond motifs is 1. The van der Waals surface area contributed by atoms with Gasteiger partial charge in [-0.05, 0) is 55.0 Å². The molecule has 0 aliphatic heterocycles. The first-order chi connectivity index (χ1) is 12.2. The zero-order valence-corrected chi connectivity index (χ0v) is 13.7. The second-order valence-electron chi connectivity index (χ2n) is 5.76. The third kappa shape index (κ3) is 2.78. The summed E-state index contributed by atoms with van der Waals surface area (Å²) in [5.74, 6) is 1.27. The fraction of sp³-hybridized carbons (Fsp3) is 0.0476. The van der Waals surface area contributed by atoms with Gasteiger partial charge in [0.05, 0.1) is 22.9 Å². The molecular formula is C21H16N2O2. The summed E-state index contributed by atoms with van der Waals surface area (Å²) in [4.78, 5) is 17.8. The molecule has 122 valence electrons. The number of aryl methyl sites for hydroxylation is 1. The number of nitrogens with zero attached hydrogens (tertiary/aromatic N) is 2. The van der Waals surface area contributed by atoms with Gasteiger partial charge in [-0.1, -0.05) is 30.3 Å². The summed E-state index contributed by atoms with van der Waals surface area (Å²) in [6, 6.07) is 18.9. The Morgan fingerprint density at radius 3 is 2.56 bits per heavy atom. The summed E-state index contributed by atoms with van der Waals surface area (Å²) in [7, 11) is 0. The van der Waals surface area contributed by atoms with Crippen LogP contribution in [-0.4, -0.2) is 9.55 Å². The highest BCUT2D eigenvalue weighted by atomic mass is 16.3. The SMILES string of the molecule is Cc1ccccc1-n1c(C=Cc2ccco2)nc2ccccc2c1=O. The van der Waals surface area contributed by atoms with Gasteiger partial charge in [-0.15, -0.1) is 0 Å². The monoisotopic (exact) mass is 328 g/mol. The normalized spacial score (nSPS) is 11.4. The molecular weight excluding hydrogens is 312 g/mol. The molecule has 4 nitrogen and oxygen atoms in total. The molecule has 0 aliphatic rings. The summed E-state index contributed by atoms with van der Waals surface area (Å²) < 4.78 is 6.99. The van der Waals surface area contributed by atoms with Gasteiger partial charge in [-0.25, -0.2) is 4.98 Å². The van der Waals surface area contributed by atoms with Crippen LogP contribution in [0.3, 0.4) is 0 Å². The van der Waals surface area contributed by atoms with Crippen LogP contribution in [0, 0.1) is 6.92 Å². The maximum absolute atomic E-state index is 13.1. The van der Waals surface area contributed by atoms with Crippen molar-refractivity contribution in [2.24, 2.45) is 0 Å². The Hall–Kier alpha value is -3.40. The van der Waals surface area contributed by atoms with Crippen LogP contribution >= 0.6 is 0 Å². The highest BCUT2D eigenvalue weighted by Gasteiger charge is 2.12. The largest absolute Gasteiger partial charge is 0.465 e. The van der Waals surface area contributed by atoms with Crippen LogP contribution in [0.4, 0.5) is 0 Å². The number of para-hydroxylation sites is 2. The van der Waals surface area contributed by atoms with Gasteiger partial charge in [-0.2, -0.15) is 0 Å². The molecule has 0 N–H and O–H groups in total. The molecule has 0 saturated heterocycles. The Morgan fingerprint density at radius 1 is 0.960 bits per heavy atom. The van der Waals surface area contributed by atoms with Gasteiger partial charge in [0, 0.05) is 0 Å². The van der Waals surface area contributed by atoms with Gasteiger partial charge in [-0.3, -0.25) is 9.36 Å². The van der Waals surface area contributed by atoms with Crippen LogP contribution in [0.5, 0.6) is 0 Å². The summed E-state index contributed by atoms with van der Waals surface area (Å²) in [6.07, 6.45) is 5.23. The molecule has 0 unspecified atom stereocenters. The van der Waals surface area contributed by atoms with Crippen molar-refractivity contribution >= 4 is 23.1 Å². The lowest BCUT2D eigenvalue weighted by atomic mass is 10.1. The Kier molecular flexibility index (Phi) is 3.78. The van der Waals surface area contributed by atoms with Crippen LogP contribution < -0.4 is 5.56 Å². The topological polar surface area (TPSA) is 48.0 Å². The zero-order chi connectivity index (χ0) is 17.2. The Bertz CT molecular complexity index is 1120. The van der Waals surface area contributed by atoms with Crippen molar-refractivity contribution in [1.29, 1.82) is 0 Å². The summed E-state index contributed by atoms with van der Waals surface area (Å²) in [5.41, 5.74) is 2.43. The standard InChI is InChI=1S/C21H16N2O2/c1-15-7-2-5-11-19(15)23-20(13-12-16-8-6-14-25-16)22-18-10-4-3-9-17(18)21(23)24/h2-14H,1H3. The van der Waals surface area contributed by atoms with Crippen molar-refractivity contribution in [2.75, 3.05) is 0 Å². The number of rotatable bonds is 3. The smallest absolute Gasteiger partial charge is 0.266 e. The molecule has 0 fully saturated rings. The predicted octanol–water partition coefficient (Wildman–Crippen LogP) is 4.46. The maximum atomic E-state index is 13.1. The predicted molar refractivity (Wildman–Crippen MR) is 99.7 cm³/mol. The molecule has 0 spiro atoms. The minimum absolute atomic E-state index is 0.0843. The molecule has 0 saturated carbocycles. The minimum Gasteiger partial charge on any atom is -0.465 e. The lowest BCUT2D eigenvalue weighted by molar-refractivity contribution is 0.557.